The molecule has 0 radical (unpaired) electrons. The minimum atomic E-state index is -0.127. The molecule has 2 heterocycles. The van der Waals surface area contributed by atoms with Gasteiger partial charge >= 0.3 is 0 Å². The van der Waals surface area contributed by atoms with Crippen LogP contribution in [0, 0.1) is 13.8 Å². The number of unbranched alkanes of at least 4 members (excludes halogenated alkanes) is 2. The average molecular weight is 358 g/mol. The number of ether oxygens (including phenoxy) is 1. The number of rotatable bonds is 7. The number of aromatic nitrogens is 3. The van der Waals surface area contributed by atoms with Gasteiger partial charge in [0.2, 0.25) is 0 Å². The molecule has 1 amide bonds. The summed E-state index contributed by atoms with van der Waals surface area (Å²) in [5.74, 6) is -0.127. The molecule has 2 aromatic rings. The van der Waals surface area contributed by atoms with Gasteiger partial charge in [-0.15, -0.1) is 0 Å². The van der Waals surface area contributed by atoms with E-state index in [0.717, 1.165) is 50.1 Å². The third-order valence-corrected chi connectivity index (χ3v) is 5.15. The zero-order chi connectivity index (χ0) is 18.5. The van der Waals surface area contributed by atoms with Crippen LogP contribution in [0.25, 0.3) is 5.65 Å². The molecular formula is C20H30N4O2. The van der Waals surface area contributed by atoms with Crippen LogP contribution in [0.2, 0.25) is 0 Å². The number of carbonyl (C=O) groups is 1. The number of nitrogens with one attached hydrogen (secondary N) is 1. The maximum atomic E-state index is 12.7. The van der Waals surface area contributed by atoms with Crippen LogP contribution in [-0.4, -0.2) is 39.0 Å². The quantitative estimate of drug-likeness (QED) is 0.768. The molecule has 1 N–H and O–H groups in total. The molecule has 6 nitrogen and oxygen atoms in total. The predicted molar refractivity (Wildman–Crippen MR) is 101 cm³/mol. The molecule has 0 aromatic carbocycles. The van der Waals surface area contributed by atoms with E-state index in [9.17, 15) is 4.79 Å². The second-order valence-corrected chi connectivity index (χ2v) is 7.35. The Morgan fingerprint density at radius 1 is 1.27 bits per heavy atom. The first-order valence-corrected chi connectivity index (χ1v) is 9.82. The van der Waals surface area contributed by atoms with E-state index in [-0.39, 0.29) is 11.9 Å². The number of hydrogen-bond acceptors (Lipinski definition) is 4. The third kappa shape index (κ3) is 4.41. The second kappa shape index (κ2) is 8.62. The lowest BCUT2D eigenvalue weighted by atomic mass is 9.93. The maximum Gasteiger partial charge on any atom is 0.274 e. The van der Waals surface area contributed by atoms with E-state index >= 15 is 0 Å². The Labute approximate surface area is 155 Å². The summed E-state index contributed by atoms with van der Waals surface area (Å²) < 4.78 is 7.82. The van der Waals surface area contributed by atoms with E-state index in [1.807, 2.05) is 24.3 Å². The summed E-state index contributed by atoms with van der Waals surface area (Å²) >= 11 is 0. The first-order valence-electron chi connectivity index (χ1n) is 9.82. The van der Waals surface area contributed by atoms with Gasteiger partial charge in [-0.25, -0.2) is 9.97 Å². The molecule has 0 saturated heterocycles. The highest BCUT2D eigenvalue weighted by atomic mass is 16.5. The molecule has 3 rings (SSSR count). The third-order valence-electron chi connectivity index (χ3n) is 5.15. The van der Waals surface area contributed by atoms with Crippen molar-refractivity contribution in [1.82, 2.24) is 19.7 Å². The Balaban J connectivity index is 1.53. The van der Waals surface area contributed by atoms with E-state index < -0.39 is 0 Å². The second-order valence-electron chi connectivity index (χ2n) is 7.35. The Hall–Kier alpha value is -1.95. The topological polar surface area (TPSA) is 68.5 Å². The Morgan fingerprint density at radius 3 is 2.77 bits per heavy atom. The highest BCUT2D eigenvalue weighted by Crippen LogP contribution is 2.22. The fraction of sp³-hybridized carbons (Fsp3) is 0.650. The normalized spacial score (nSPS) is 20.4. The summed E-state index contributed by atoms with van der Waals surface area (Å²) in [5, 5.41) is 3.14. The van der Waals surface area contributed by atoms with Gasteiger partial charge in [-0.1, -0.05) is 19.8 Å². The van der Waals surface area contributed by atoms with Crippen molar-refractivity contribution in [2.24, 2.45) is 0 Å². The van der Waals surface area contributed by atoms with Crippen molar-refractivity contribution >= 4 is 11.6 Å². The molecule has 0 atom stereocenters. The van der Waals surface area contributed by atoms with Crippen molar-refractivity contribution in [3.63, 3.8) is 0 Å². The summed E-state index contributed by atoms with van der Waals surface area (Å²) in [6.45, 7) is 6.99. The fourth-order valence-electron chi connectivity index (χ4n) is 3.67. The molecule has 142 valence electrons. The average Bonchev–Trinajstić information content (AvgIpc) is 3.04. The van der Waals surface area contributed by atoms with Crippen LogP contribution in [0.5, 0.6) is 0 Å². The van der Waals surface area contributed by atoms with Crippen LogP contribution in [0.4, 0.5) is 0 Å². The van der Waals surface area contributed by atoms with Gasteiger partial charge in [0, 0.05) is 24.0 Å². The van der Waals surface area contributed by atoms with Crippen LogP contribution in [0.15, 0.2) is 12.4 Å². The van der Waals surface area contributed by atoms with Crippen LogP contribution < -0.4 is 5.32 Å². The SMILES string of the molecule is CCCCCO[C@H]1CC[C@H](NC(=O)c2ncn3c(C)cc(C)nc23)CC1. The van der Waals surface area contributed by atoms with E-state index in [4.69, 9.17) is 4.74 Å². The van der Waals surface area contributed by atoms with Gasteiger partial charge in [0.1, 0.15) is 6.33 Å². The largest absolute Gasteiger partial charge is 0.378 e. The number of nitrogens with zero attached hydrogens (tertiary/aromatic N) is 3. The summed E-state index contributed by atoms with van der Waals surface area (Å²) in [4.78, 5) is 21.5. The van der Waals surface area contributed by atoms with Crippen molar-refractivity contribution < 1.29 is 9.53 Å². The van der Waals surface area contributed by atoms with E-state index in [1.54, 1.807) is 6.33 Å². The van der Waals surface area contributed by atoms with Crippen LogP contribution in [-0.2, 0) is 4.74 Å². The lowest BCUT2D eigenvalue weighted by molar-refractivity contribution is 0.0204. The molecule has 1 fully saturated rings. The molecule has 0 unspecified atom stereocenters. The standard InChI is InChI=1S/C20H30N4O2/c1-4-5-6-11-26-17-9-7-16(8-10-17)23-20(25)18-19-22-14(2)12-15(3)24(19)13-21-18/h12-13,16-17H,4-11H2,1-3H3,(H,23,25)/t16-,17-. The minimum Gasteiger partial charge on any atom is -0.378 e. The van der Waals surface area contributed by atoms with Gasteiger partial charge in [0.05, 0.1) is 6.10 Å². The van der Waals surface area contributed by atoms with Gasteiger partial charge in [-0.2, -0.15) is 0 Å². The first-order chi connectivity index (χ1) is 12.6. The number of hydrogen-bond donors (Lipinski definition) is 1. The monoisotopic (exact) mass is 358 g/mol. The molecule has 2 aromatic heterocycles. The van der Waals surface area contributed by atoms with E-state index in [2.05, 4.69) is 22.2 Å². The van der Waals surface area contributed by atoms with Crippen LogP contribution in [0.3, 0.4) is 0 Å². The molecule has 0 bridgehead atoms. The number of fused-ring (bicyclic) bond motifs is 1. The van der Waals surface area contributed by atoms with E-state index in [1.165, 1.54) is 12.8 Å². The zero-order valence-corrected chi connectivity index (χ0v) is 16.1. The van der Waals surface area contributed by atoms with Crippen molar-refractivity contribution in [3.05, 3.63) is 29.5 Å². The van der Waals surface area contributed by atoms with Crippen molar-refractivity contribution in [3.8, 4) is 0 Å². The van der Waals surface area contributed by atoms with Crippen LogP contribution in [0.1, 0.15) is 73.7 Å². The lowest BCUT2D eigenvalue weighted by Gasteiger charge is -2.29. The fourth-order valence-corrected chi connectivity index (χ4v) is 3.67. The molecule has 1 aliphatic rings. The van der Waals surface area contributed by atoms with Gasteiger partial charge < -0.3 is 10.1 Å². The number of carbonyl (C=O) groups excluding carboxylic acids is 1. The van der Waals surface area contributed by atoms with Gasteiger partial charge in [0.15, 0.2) is 11.3 Å². The maximum absolute atomic E-state index is 12.7. The Bertz CT molecular complexity index is 748. The zero-order valence-electron chi connectivity index (χ0n) is 16.1. The molecule has 6 heteroatoms. The Kier molecular flexibility index (Phi) is 6.25. The van der Waals surface area contributed by atoms with Crippen molar-refractivity contribution in [2.75, 3.05) is 6.61 Å². The number of imidazole rings is 1. The highest BCUT2D eigenvalue weighted by molar-refractivity contribution is 5.98. The number of amides is 1. The summed E-state index contributed by atoms with van der Waals surface area (Å²) in [6.07, 6.45) is 9.56. The first kappa shape index (κ1) is 18.8. The minimum absolute atomic E-state index is 0.127. The van der Waals surface area contributed by atoms with Gasteiger partial charge in [-0.05, 0) is 52.0 Å². The summed E-state index contributed by atoms with van der Waals surface area (Å²) in [5.41, 5.74) is 2.97. The highest BCUT2D eigenvalue weighted by Gasteiger charge is 2.25. The van der Waals surface area contributed by atoms with Crippen LogP contribution >= 0.6 is 0 Å². The van der Waals surface area contributed by atoms with E-state index in [0.29, 0.717) is 17.4 Å². The van der Waals surface area contributed by atoms with Gasteiger partial charge in [-0.3, -0.25) is 9.20 Å². The Morgan fingerprint density at radius 2 is 2.04 bits per heavy atom. The molecule has 26 heavy (non-hydrogen) atoms. The summed E-state index contributed by atoms with van der Waals surface area (Å²) in [6, 6.07) is 2.18. The molecule has 0 aliphatic heterocycles. The summed E-state index contributed by atoms with van der Waals surface area (Å²) in [7, 11) is 0. The number of aryl methyl sites for hydroxylation is 2. The van der Waals surface area contributed by atoms with Crippen molar-refractivity contribution in [2.45, 2.75) is 77.9 Å². The molecular weight excluding hydrogens is 328 g/mol. The van der Waals surface area contributed by atoms with Gasteiger partial charge in [0.25, 0.3) is 5.91 Å². The molecule has 0 spiro atoms. The molecule has 1 aliphatic carbocycles. The predicted octanol–water partition coefficient (Wildman–Crippen LogP) is 3.59. The smallest absolute Gasteiger partial charge is 0.274 e. The molecule has 1 saturated carbocycles. The lowest BCUT2D eigenvalue weighted by Crippen LogP contribution is -2.39. The van der Waals surface area contributed by atoms with Crippen molar-refractivity contribution in [1.29, 1.82) is 0 Å².